The lowest BCUT2D eigenvalue weighted by Crippen LogP contribution is -2.15. The summed E-state index contributed by atoms with van der Waals surface area (Å²) in [5, 5.41) is 29.0. The average molecular weight is 560 g/mol. The molecular formula is C22H21N7O7S2. The fraction of sp³-hybridized carbons (Fsp3) is 0.136. The summed E-state index contributed by atoms with van der Waals surface area (Å²) in [6.07, 6.45) is 0.940. The molecule has 0 aliphatic heterocycles. The number of aryl methyl sites for hydroxylation is 1. The molecule has 1 heterocycles. The predicted octanol–water partition coefficient (Wildman–Crippen LogP) is 3.78. The van der Waals surface area contributed by atoms with Gasteiger partial charge in [-0.1, -0.05) is 28.4 Å². The van der Waals surface area contributed by atoms with Crippen LogP contribution < -0.4 is 14.8 Å². The van der Waals surface area contributed by atoms with Crippen LogP contribution in [0.25, 0.3) is 10.8 Å². The van der Waals surface area contributed by atoms with Crippen LogP contribution in [-0.2, 0) is 24.8 Å². The van der Waals surface area contributed by atoms with Crippen LogP contribution in [0.1, 0.15) is 12.8 Å². The molecule has 16 heteroatoms. The van der Waals surface area contributed by atoms with Crippen LogP contribution in [-0.4, -0.2) is 44.3 Å². The van der Waals surface area contributed by atoms with Crippen molar-refractivity contribution in [3.05, 3.63) is 54.4 Å². The maximum absolute atomic E-state index is 13.3. The van der Waals surface area contributed by atoms with Gasteiger partial charge in [0.05, 0.1) is 28.2 Å². The third-order valence-corrected chi connectivity index (χ3v) is 6.84. The molecule has 14 nitrogen and oxygen atoms in total. The zero-order valence-corrected chi connectivity index (χ0v) is 21.8. The fourth-order valence-corrected chi connectivity index (χ4v) is 5.14. The lowest BCUT2D eigenvalue weighted by atomic mass is 10.0. The number of amides is 1. The number of nitrogens with zero attached hydrogens (tertiary/aromatic N) is 4. The smallest absolute Gasteiger partial charge is 0.361 e. The van der Waals surface area contributed by atoms with E-state index >= 15 is 0 Å². The monoisotopic (exact) mass is 559 g/mol. The predicted molar refractivity (Wildman–Crippen MR) is 139 cm³/mol. The number of azo groups is 1. The molecule has 1 aromatic heterocycles. The molecule has 0 spiro atoms. The second-order valence-electron chi connectivity index (χ2n) is 8.01. The Kier molecular flexibility index (Phi) is 7.01. The number of phenolic OH excluding ortho intramolecular Hbond substituents is 1. The van der Waals surface area contributed by atoms with Gasteiger partial charge < -0.3 is 14.8 Å². The van der Waals surface area contributed by atoms with Gasteiger partial charge in [0, 0.05) is 30.3 Å². The first-order chi connectivity index (χ1) is 17.8. The van der Waals surface area contributed by atoms with E-state index in [0.717, 1.165) is 12.3 Å². The highest BCUT2D eigenvalue weighted by atomic mass is 32.2. The molecule has 38 heavy (non-hydrogen) atoms. The van der Waals surface area contributed by atoms with Crippen LogP contribution in [0.3, 0.4) is 0 Å². The van der Waals surface area contributed by atoms with Crippen LogP contribution >= 0.6 is 0 Å². The molecule has 0 aliphatic carbocycles. The molecule has 0 bridgehead atoms. The summed E-state index contributed by atoms with van der Waals surface area (Å²) in [6, 6.07) is 10.8. The first kappa shape index (κ1) is 26.5. The molecule has 0 saturated heterocycles. The largest absolute Gasteiger partial charge is 0.505 e. The number of phenols is 1. The molecule has 0 saturated carbocycles. The Bertz CT molecular complexity index is 1800. The Morgan fingerprint density at radius 2 is 1.71 bits per heavy atom. The van der Waals surface area contributed by atoms with E-state index in [2.05, 4.69) is 35.2 Å². The van der Waals surface area contributed by atoms with Crippen molar-refractivity contribution >= 4 is 65.5 Å². The van der Waals surface area contributed by atoms with E-state index < -0.39 is 26.0 Å². The van der Waals surface area contributed by atoms with E-state index in [1.165, 1.54) is 49.4 Å². The molecular weight excluding hydrogens is 538 g/mol. The highest BCUT2D eigenvalue weighted by Gasteiger charge is 2.21. The van der Waals surface area contributed by atoms with Crippen LogP contribution in [0.2, 0.25) is 0 Å². The molecule has 0 aliphatic rings. The Hall–Kier alpha value is -4.57. The number of rotatable bonds is 8. The van der Waals surface area contributed by atoms with E-state index in [9.17, 15) is 26.7 Å². The third-order valence-electron chi connectivity index (χ3n) is 4.87. The average Bonchev–Trinajstić information content (AvgIpc) is 3.24. The van der Waals surface area contributed by atoms with E-state index in [1.54, 1.807) is 6.92 Å². The molecule has 0 radical (unpaired) electrons. The van der Waals surface area contributed by atoms with E-state index in [0.29, 0.717) is 0 Å². The van der Waals surface area contributed by atoms with Gasteiger partial charge in [0.15, 0.2) is 0 Å². The lowest BCUT2D eigenvalue weighted by Gasteiger charge is -2.15. The molecule has 4 rings (SSSR count). The van der Waals surface area contributed by atoms with Crippen LogP contribution in [0.15, 0.2) is 68.1 Å². The Labute approximate surface area is 216 Å². The number of benzene rings is 3. The molecule has 1 amide bonds. The van der Waals surface area contributed by atoms with Crippen molar-refractivity contribution in [3.63, 3.8) is 0 Å². The summed E-state index contributed by atoms with van der Waals surface area (Å²) in [5.41, 5.74) is 0.142. The van der Waals surface area contributed by atoms with Crippen molar-refractivity contribution < 1.29 is 31.2 Å². The summed E-state index contributed by atoms with van der Waals surface area (Å²) in [7, 11) is -7.90. The second-order valence-corrected chi connectivity index (χ2v) is 11.4. The number of hydrogen-bond donors (Lipinski definition) is 4. The minimum absolute atomic E-state index is 0.0141. The highest BCUT2D eigenvalue weighted by molar-refractivity contribution is 7.93. The fourth-order valence-electron chi connectivity index (χ4n) is 3.46. The molecule has 0 fully saturated rings. The molecule has 0 unspecified atom stereocenters. The van der Waals surface area contributed by atoms with E-state index in [4.69, 9.17) is 4.42 Å². The molecule has 4 aromatic rings. The van der Waals surface area contributed by atoms with Gasteiger partial charge in [-0.05, 0) is 30.3 Å². The lowest BCUT2D eigenvalue weighted by molar-refractivity contribution is -0.114. The second kappa shape index (κ2) is 10.1. The number of aromatic hydroxyl groups is 1. The number of aromatic nitrogens is 2. The van der Waals surface area contributed by atoms with E-state index in [-0.39, 0.29) is 56.1 Å². The zero-order chi connectivity index (χ0) is 27.7. The summed E-state index contributed by atoms with van der Waals surface area (Å²) in [6.45, 7) is 2.81. The standard InChI is InChI=1S/C22H21N7O7S2/c1-12(30)23-19-11-18(25-27-22-26-24-13(2)36-22)20-16(21(19)31)8-5-9-17(20)29-38(34,35)15-7-4-6-14(10-15)28-37(3,32)33/h4-11,28-29,31H,1-3H3,(H,23,30). The van der Waals surface area contributed by atoms with Gasteiger partial charge in [-0.15, -0.1) is 10.2 Å². The quantitative estimate of drug-likeness (QED) is 0.183. The van der Waals surface area contributed by atoms with Crippen molar-refractivity contribution in [3.8, 4) is 5.75 Å². The zero-order valence-electron chi connectivity index (χ0n) is 20.1. The number of carbonyl (C=O) groups excluding carboxylic acids is 1. The summed E-state index contributed by atoms with van der Waals surface area (Å²) >= 11 is 0. The summed E-state index contributed by atoms with van der Waals surface area (Å²) in [4.78, 5) is 11.4. The molecule has 198 valence electrons. The Morgan fingerprint density at radius 3 is 2.37 bits per heavy atom. The summed E-state index contributed by atoms with van der Waals surface area (Å²) < 4.78 is 59.5. The maximum atomic E-state index is 13.3. The Balaban J connectivity index is 1.84. The van der Waals surface area contributed by atoms with Crippen LogP contribution in [0.4, 0.5) is 28.8 Å². The topological polar surface area (TPSA) is 205 Å². The highest BCUT2D eigenvalue weighted by Crippen LogP contribution is 2.43. The number of carbonyl (C=O) groups is 1. The molecule has 0 atom stereocenters. The number of anilines is 3. The van der Waals surface area contributed by atoms with Crippen molar-refractivity contribution in [2.75, 3.05) is 21.0 Å². The normalized spacial score (nSPS) is 12.1. The number of fused-ring (bicyclic) bond motifs is 1. The molecule has 4 N–H and O–H groups in total. The summed E-state index contributed by atoms with van der Waals surface area (Å²) in [5.74, 6) is -0.549. The van der Waals surface area contributed by atoms with Crippen LogP contribution in [0.5, 0.6) is 5.75 Å². The van der Waals surface area contributed by atoms with Gasteiger partial charge in [-0.2, -0.15) is 0 Å². The van der Waals surface area contributed by atoms with Gasteiger partial charge in [0.25, 0.3) is 10.0 Å². The number of nitrogens with one attached hydrogen (secondary N) is 3. The van der Waals surface area contributed by atoms with Crippen LogP contribution in [0, 0.1) is 6.92 Å². The number of hydrogen-bond acceptors (Lipinski definition) is 11. The maximum Gasteiger partial charge on any atom is 0.361 e. The van der Waals surface area contributed by atoms with Crippen molar-refractivity contribution in [1.29, 1.82) is 0 Å². The minimum Gasteiger partial charge on any atom is -0.505 e. The SMILES string of the molecule is CC(=O)Nc1cc(N=Nc2nnc(C)o2)c2c(NS(=O)(=O)c3cccc(NS(C)(=O)=O)c3)cccc2c1O. The van der Waals surface area contributed by atoms with Crippen molar-refractivity contribution in [2.45, 2.75) is 18.7 Å². The minimum atomic E-state index is -4.25. The third kappa shape index (κ3) is 6.04. The van der Waals surface area contributed by atoms with Gasteiger partial charge in [-0.25, -0.2) is 16.8 Å². The molecule has 3 aromatic carbocycles. The first-order valence-corrected chi connectivity index (χ1v) is 14.1. The Morgan fingerprint density at radius 1 is 0.974 bits per heavy atom. The van der Waals surface area contributed by atoms with Crippen molar-refractivity contribution in [1.82, 2.24) is 10.2 Å². The van der Waals surface area contributed by atoms with Gasteiger partial charge in [0.2, 0.25) is 21.8 Å². The van der Waals surface area contributed by atoms with Gasteiger partial charge in [0.1, 0.15) is 5.75 Å². The first-order valence-electron chi connectivity index (χ1n) is 10.7. The van der Waals surface area contributed by atoms with E-state index in [1.807, 2.05) is 0 Å². The van der Waals surface area contributed by atoms with Gasteiger partial charge >= 0.3 is 6.01 Å². The van der Waals surface area contributed by atoms with Gasteiger partial charge in [-0.3, -0.25) is 14.2 Å². The van der Waals surface area contributed by atoms with Crippen molar-refractivity contribution in [2.24, 2.45) is 10.2 Å². The number of sulfonamides is 2.